The van der Waals surface area contributed by atoms with Crippen molar-refractivity contribution in [2.24, 2.45) is 5.92 Å². The first kappa shape index (κ1) is 17.1. The van der Waals surface area contributed by atoms with Crippen molar-refractivity contribution in [1.29, 1.82) is 0 Å². The first-order chi connectivity index (χ1) is 9.59. The van der Waals surface area contributed by atoms with E-state index in [1.807, 2.05) is 34.6 Å². The standard InChI is InChI=1S/C14H23N3O4/c1-7-21-13(18)12-11(17(19)20)10(8-9(2)3)15-16(12)14(4,5)6/h9H,7-8H2,1-6H3. The van der Waals surface area contributed by atoms with Gasteiger partial charge < -0.3 is 4.74 Å². The van der Waals surface area contributed by atoms with Gasteiger partial charge in [-0.15, -0.1) is 0 Å². The third-order valence-corrected chi connectivity index (χ3v) is 2.82. The number of nitrogens with zero attached hydrogens (tertiary/aromatic N) is 3. The zero-order valence-electron chi connectivity index (χ0n) is 13.5. The van der Waals surface area contributed by atoms with Crippen molar-refractivity contribution in [3.8, 4) is 0 Å². The molecule has 0 fully saturated rings. The van der Waals surface area contributed by atoms with Crippen LogP contribution in [0.2, 0.25) is 0 Å². The van der Waals surface area contributed by atoms with Gasteiger partial charge in [-0.05, 0) is 33.6 Å². The number of ether oxygens (including phenoxy) is 1. The highest BCUT2D eigenvalue weighted by Crippen LogP contribution is 2.30. The normalized spacial score (nSPS) is 11.8. The van der Waals surface area contributed by atoms with Crippen LogP contribution in [0.4, 0.5) is 5.69 Å². The molecule has 0 aliphatic heterocycles. The van der Waals surface area contributed by atoms with Crippen LogP contribution in [0.25, 0.3) is 0 Å². The molecule has 0 saturated heterocycles. The maximum atomic E-state index is 12.1. The molecule has 0 aromatic carbocycles. The minimum atomic E-state index is -0.707. The van der Waals surface area contributed by atoms with Crippen molar-refractivity contribution >= 4 is 11.7 Å². The molecule has 0 atom stereocenters. The number of hydrogen-bond acceptors (Lipinski definition) is 5. The summed E-state index contributed by atoms with van der Waals surface area (Å²) in [5.74, 6) is -0.510. The molecule has 0 spiro atoms. The summed E-state index contributed by atoms with van der Waals surface area (Å²) in [6, 6.07) is 0. The molecule has 0 aliphatic carbocycles. The van der Waals surface area contributed by atoms with Gasteiger partial charge in [0.1, 0.15) is 5.69 Å². The summed E-state index contributed by atoms with van der Waals surface area (Å²) in [5.41, 5.74) is -0.544. The van der Waals surface area contributed by atoms with Gasteiger partial charge in [-0.3, -0.25) is 10.1 Å². The molecule has 7 nitrogen and oxygen atoms in total. The topological polar surface area (TPSA) is 87.3 Å². The van der Waals surface area contributed by atoms with E-state index in [0.29, 0.717) is 12.1 Å². The van der Waals surface area contributed by atoms with Gasteiger partial charge in [0.15, 0.2) is 0 Å². The van der Waals surface area contributed by atoms with Gasteiger partial charge in [0.05, 0.1) is 17.1 Å². The Labute approximate surface area is 124 Å². The minimum absolute atomic E-state index is 0.0787. The van der Waals surface area contributed by atoms with E-state index in [2.05, 4.69) is 5.10 Å². The summed E-state index contributed by atoms with van der Waals surface area (Å²) in [7, 11) is 0. The highest BCUT2D eigenvalue weighted by Gasteiger charge is 2.36. The molecule has 0 aliphatic rings. The molecule has 1 aromatic heterocycles. The van der Waals surface area contributed by atoms with Gasteiger partial charge in [0.25, 0.3) is 0 Å². The van der Waals surface area contributed by atoms with Crippen molar-refractivity contribution in [2.75, 3.05) is 6.61 Å². The molecular formula is C14H23N3O4. The lowest BCUT2D eigenvalue weighted by atomic mass is 10.1. The Morgan fingerprint density at radius 1 is 1.43 bits per heavy atom. The van der Waals surface area contributed by atoms with Gasteiger partial charge in [-0.2, -0.15) is 5.10 Å². The molecule has 0 unspecified atom stereocenters. The van der Waals surface area contributed by atoms with Crippen LogP contribution < -0.4 is 0 Å². The van der Waals surface area contributed by atoms with Crippen molar-refractivity contribution in [3.63, 3.8) is 0 Å². The van der Waals surface area contributed by atoms with Crippen LogP contribution in [0.1, 0.15) is 57.7 Å². The first-order valence-electron chi connectivity index (χ1n) is 7.03. The zero-order valence-corrected chi connectivity index (χ0v) is 13.5. The van der Waals surface area contributed by atoms with E-state index in [9.17, 15) is 14.9 Å². The predicted octanol–water partition coefficient (Wildman–Crippen LogP) is 2.92. The van der Waals surface area contributed by atoms with E-state index in [1.165, 1.54) is 4.68 Å². The fourth-order valence-electron chi connectivity index (χ4n) is 2.04. The van der Waals surface area contributed by atoms with E-state index in [0.717, 1.165) is 0 Å². The van der Waals surface area contributed by atoms with Crippen LogP contribution in [0.3, 0.4) is 0 Å². The second-order valence-corrected chi connectivity index (χ2v) is 6.30. The summed E-state index contributed by atoms with van der Waals surface area (Å²) in [4.78, 5) is 23.0. The van der Waals surface area contributed by atoms with Gasteiger partial charge in [-0.1, -0.05) is 13.8 Å². The molecule has 0 N–H and O–H groups in total. The van der Waals surface area contributed by atoms with E-state index >= 15 is 0 Å². The molecule has 0 saturated carbocycles. The lowest BCUT2D eigenvalue weighted by molar-refractivity contribution is -0.386. The smallest absolute Gasteiger partial charge is 0.363 e. The molecule has 0 radical (unpaired) electrons. The average Bonchev–Trinajstić information content (AvgIpc) is 2.67. The van der Waals surface area contributed by atoms with E-state index in [4.69, 9.17) is 4.74 Å². The molecule has 21 heavy (non-hydrogen) atoms. The van der Waals surface area contributed by atoms with Crippen LogP contribution in [0.15, 0.2) is 0 Å². The highest BCUT2D eigenvalue weighted by molar-refractivity contribution is 5.92. The second kappa shape index (κ2) is 6.24. The van der Waals surface area contributed by atoms with Crippen molar-refractivity contribution in [3.05, 3.63) is 21.5 Å². The fourth-order valence-corrected chi connectivity index (χ4v) is 2.04. The van der Waals surface area contributed by atoms with Gasteiger partial charge in [0.2, 0.25) is 5.69 Å². The fraction of sp³-hybridized carbons (Fsp3) is 0.714. The van der Waals surface area contributed by atoms with Gasteiger partial charge in [0, 0.05) is 6.42 Å². The summed E-state index contributed by atoms with van der Waals surface area (Å²) >= 11 is 0. The number of carbonyl (C=O) groups excluding carboxylic acids is 1. The van der Waals surface area contributed by atoms with Gasteiger partial charge >= 0.3 is 11.7 Å². The van der Waals surface area contributed by atoms with E-state index < -0.39 is 16.4 Å². The largest absolute Gasteiger partial charge is 0.461 e. The summed E-state index contributed by atoms with van der Waals surface area (Å²) in [5, 5.41) is 15.7. The predicted molar refractivity (Wildman–Crippen MR) is 78.4 cm³/mol. The molecule has 1 rings (SSSR count). The van der Waals surface area contributed by atoms with E-state index in [1.54, 1.807) is 6.92 Å². The number of esters is 1. The maximum absolute atomic E-state index is 12.1. The Balaban J connectivity index is 3.57. The molecule has 118 valence electrons. The number of nitro groups is 1. The Morgan fingerprint density at radius 2 is 2.00 bits per heavy atom. The third kappa shape index (κ3) is 3.80. The monoisotopic (exact) mass is 297 g/mol. The average molecular weight is 297 g/mol. The zero-order chi connectivity index (χ0) is 16.4. The molecule has 0 amide bonds. The second-order valence-electron chi connectivity index (χ2n) is 6.30. The lowest BCUT2D eigenvalue weighted by Crippen LogP contribution is -2.28. The van der Waals surface area contributed by atoms with Crippen LogP contribution in [-0.4, -0.2) is 27.3 Å². The molecule has 1 heterocycles. The lowest BCUT2D eigenvalue weighted by Gasteiger charge is -2.21. The van der Waals surface area contributed by atoms with Crippen molar-refractivity contribution in [1.82, 2.24) is 9.78 Å². The number of hydrogen-bond donors (Lipinski definition) is 0. The maximum Gasteiger partial charge on any atom is 0.363 e. The molecule has 1 aromatic rings. The Morgan fingerprint density at radius 3 is 2.38 bits per heavy atom. The summed E-state index contributed by atoms with van der Waals surface area (Å²) in [6.07, 6.45) is 0.436. The first-order valence-corrected chi connectivity index (χ1v) is 7.03. The quantitative estimate of drug-likeness (QED) is 0.473. The summed E-state index contributed by atoms with van der Waals surface area (Å²) < 4.78 is 6.37. The van der Waals surface area contributed by atoms with Crippen LogP contribution >= 0.6 is 0 Å². The molecule has 7 heteroatoms. The van der Waals surface area contributed by atoms with E-state index in [-0.39, 0.29) is 23.9 Å². The van der Waals surface area contributed by atoms with Gasteiger partial charge in [-0.25, -0.2) is 9.48 Å². The number of aromatic nitrogens is 2. The SMILES string of the molecule is CCOC(=O)c1c([N+](=O)[O-])c(CC(C)C)nn1C(C)(C)C. The van der Waals surface area contributed by atoms with Crippen molar-refractivity contribution in [2.45, 2.75) is 53.5 Å². The summed E-state index contributed by atoms with van der Waals surface area (Å²) in [6.45, 7) is 11.2. The Bertz CT molecular complexity index is 541. The van der Waals surface area contributed by atoms with Crippen molar-refractivity contribution < 1.29 is 14.5 Å². The third-order valence-electron chi connectivity index (χ3n) is 2.82. The molecular weight excluding hydrogens is 274 g/mol. The van der Waals surface area contributed by atoms with Crippen LogP contribution in [0, 0.1) is 16.0 Å². The highest BCUT2D eigenvalue weighted by atomic mass is 16.6. The Kier molecular flexibility index (Phi) is 5.09. The Hall–Kier alpha value is -1.92. The molecule has 0 bridgehead atoms. The van der Waals surface area contributed by atoms with Crippen LogP contribution in [-0.2, 0) is 16.7 Å². The number of carbonyl (C=O) groups is 1. The minimum Gasteiger partial charge on any atom is -0.461 e. The number of rotatable bonds is 5. The van der Waals surface area contributed by atoms with Crippen LogP contribution in [0.5, 0.6) is 0 Å².